The molecule has 3 rings (SSSR count). The second kappa shape index (κ2) is 9.99. The van der Waals surface area contributed by atoms with Crippen LogP contribution in [0.2, 0.25) is 0 Å². The molecule has 3 aliphatic rings. The molecule has 0 aromatic heterocycles. The summed E-state index contributed by atoms with van der Waals surface area (Å²) in [4.78, 5) is 40.8. The Morgan fingerprint density at radius 2 is 1.85 bits per heavy atom. The minimum Gasteiger partial charge on any atom is -0.340 e. The van der Waals surface area contributed by atoms with Gasteiger partial charge in [0, 0.05) is 13.0 Å². The van der Waals surface area contributed by atoms with Gasteiger partial charge in [0.1, 0.15) is 11.6 Å². The average Bonchev–Trinajstić information content (AvgIpc) is 3.58. The number of allylic oxidation sites excluding steroid dienone is 1. The maximum absolute atomic E-state index is 13.2. The van der Waals surface area contributed by atoms with E-state index in [2.05, 4.69) is 30.5 Å². The van der Waals surface area contributed by atoms with Crippen molar-refractivity contribution in [3.8, 4) is 0 Å². The van der Waals surface area contributed by atoms with E-state index in [4.69, 9.17) is 0 Å². The van der Waals surface area contributed by atoms with Crippen molar-refractivity contribution in [1.29, 1.82) is 0 Å². The van der Waals surface area contributed by atoms with E-state index in [-0.39, 0.29) is 23.7 Å². The van der Waals surface area contributed by atoms with Crippen LogP contribution in [-0.2, 0) is 24.4 Å². The molecule has 1 unspecified atom stereocenters. The first-order valence-electron chi connectivity index (χ1n) is 12.6. The quantitative estimate of drug-likeness (QED) is 0.404. The molecule has 2 aliphatic carbocycles. The Labute approximate surface area is 204 Å². The van der Waals surface area contributed by atoms with Crippen molar-refractivity contribution in [2.45, 2.75) is 102 Å². The number of likely N-dealkylation sites (tertiary alicyclic amines) is 1. The summed E-state index contributed by atoms with van der Waals surface area (Å²) in [6, 6.07) is -0.618. The van der Waals surface area contributed by atoms with Crippen LogP contribution < -0.4 is 10.0 Å². The largest absolute Gasteiger partial charge is 0.340 e. The minimum absolute atomic E-state index is 0.0346. The number of rotatable bonds is 12. The molecule has 0 spiro atoms. The molecule has 2 N–H and O–H groups in total. The first-order valence-corrected chi connectivity index (χ1v) is 14.1. The van der Waals surface area contributed by atoms with Crippen LogP contribution in [0.5, 0.6) is 0 Å². The van der Waals surface area contributed by atoms with Gasteiger partial charge in [-0.3, -0.25) is 19.1 Å². The summed E-state index contributed by atoms with van der Waals surface area (Å²) in [5, 5.41) is 2.83. The highest BCUT2D eigenvalue weighted by Crippen LogP contribution is 2.46. The molecule has 8 nitrogen and oxygen atoms in total. The smallest absolute Gasteiger partial charge is 0.259 e. The summed E-state index contributed by atoms with van der Waals surface area (Å²) < 4.78 is 26.4. The van der Waals surface area contributed by atoms with E-state index in [1.165, 1.54) is 0 Å². The van der Waals surface area contributed by atoms with Crippen LogP contribution in [0.25, 0.3) is 0 Å². The van der Waals surface area contributed by atoms with Crippen LogP contribution in [0.1, 0.15) is 85.5 Å². The lowest BCUT2D eigenvalue weighted by Gasteiger charge is -2.28. The maximum Gasteiger partial charge on any atom is 0.259 e. The third-order valence-corrected chi connectivity index (χ3v) is 10.1. The summed E-state index contributed by atoms with van der Waals surface area (Å²) in [6.07, 6.45) is 7.97. The molecule has 3 amide bonds. The van der Waals surface area contributed by atoms with Crippen molar-refractivity contribution in [1.82, 2.24) is 14.9 Å². The van der Waals surface area contributed by atoms with E-state index in [1.807, 2.05) is 13.0 Å². The Bertz CT molecular complexity index is 929. The monoisotopic (exact) mass is 495 g/mol. The SMILES string of the molecule is C=CCCC(C)C[C@@H](C)CC(=O)N1CCC[C@H]1C(=O)N[C@]1(C(=O)NS(=O)(=O)C2(C)CC2)C[C@H]1C. The number of carbonyl (C=O) groups is 3. The van der Waals surface area contributed by atoms with Crippen molar-refractivity contribution >= 4 is 27.7 Å². The van der Waals surface area contributed by atoms with Crippen molar-refractivity contribution in [3.05, 3.63) is 12.7 Å². The zero-order chi connectivity index (χ0) is 25.3. The number of carbonyl (C=O) groups excluding carboxylic acids is 3. The molecule has 3 fully saturated rings. The molecular formula is C25H41N3O5S. The van der Waals surface area contributed by atoms with Crippen LogP contribution in [-0.4, -0.2) is 53.9 Å². The second-order valence-corrected chi connectivity index (χ2v) is 13.4. The molecule has 2 saturated carbocycles. The van der Waals surface area contributed by atoms with Crippen LogP contribution in [0, 0.1) is 17.8 Å². The lowest BCUT2D eigenvalue weighted by atomic mass is 9.91. The molecule has 0 bridgehead atoms. The molecule has 0 aromatic carbocycles. The fourth-order valence-corrected chi connectivity index (χ4v) is 6.41. The lowest BCUT2D eigenvalue weighted by molar-refractivity contribution is -0.140. The molecule has 192 valence electrons. The van der Waals surface area contributed by atoms with Crippen LogP contribution in [0.15, 0.2) is 12.7 Å². The highest BCUT2D eigenvalue weighted by atomic mass is 32.2. The van der Waals surface area contributed by atoms with Crippen LogP contribution in [0.3, 0.4) is 0 Å². The standard InChI is InChI=1S/C25H41N3O5S/c1-6-7-9-17(2)14-18(3)15-21(29)28-13-8-10-20(28)22(30)26-25(16-19(25)4)23(31)27-34(32,33)24(5)11-12-24/h6,17-20H,1,7-16H2,2-5H3,(H,26,30)(H,27,31)/t17?,18-,19-,20+,25-/m1/s1. The fourth-order valence-electron chi connectivity index (χ4n) is 5.10. The Morgan fingerprint density at radius 3 is 2.41 bits per heavy atom. The van der Waals surface area contributed by atoms with E-state index < -0.39 is 32.3 Å². The number of nitrogens with one attached hydrogen (secondary N) is 2. The van der Waals surface area contributed by atoms with Gasteiger partial charge in [-0.05, 0) is 76.0 Å². The Hall–Kier alpha value is -1.90. The second-order valence-electron chi connectivity index (χ2n) is 11.2. The third kappa shape index (κ3) is 5.66. The number of hydrogen-bond acceptors (Lipinski definition) is 5. The van der Waals surface area contributed by atoms with E-state index in [9.17, 15) is 22.8 Å². The first kappa shape index (κ1) is 26.7. The molecule has 9 heteroatoms. The Balaban J connectivity index is 1.58. The van der Waals surface area contributed by atoms with Crippen LogP contribution in [0.4, 0.5) is 0 Å². The van der Waals surface area contributed by atoms with Gasteiger partial charge in [0.25, 0.3) is 5.91 Å². The molecule has 1 saturated heterocycles. The molecule has 0 radical (unpaired) electrons. The van der Waals surface area contributed by atoms with Crippen molar-refractivity contribution < 1.29 is 22.8 Å². The third-order valence-electron chi connectivity index (χ3n) is 7.96. The van der Waals surface area contributed by atoms with Crippen molar-refractivity contribution in [3.63, 3.8) is 0 Å². The van der Waals surface area contributed by atoms with Gasteiger partial charge in [0.2, 0.25) is 21.8 Å². The highest BCUT2D eigenvalue weighted by Gasteiger charge is 2.61. The van der Waals surface area contributed by atoms with Gasteiger partial charge in [-0.25, -0.2) is 8.42 Å². The summed E-state index contributed by atoms with van der Waals surface area (Å²) >= 11 is 0. The van der Waals surface area contributed by atoms with Gasteiger partial charge in [0.05, 0.1) is 4.75 Å². The van der Waals surface area contributed by atoms with Gasteiger partial charge in [0.15, 0.2) is 0 Å². The lowest BCUT2D eigenvalue weighted by Crippen LogP contribution is -2.57. The minimum atomic E-state index is -3.78. The number of nitrogens with zero attached hydrogens (tertiary/aromatic N) is 1. The van der Waals surface area contributed by atoms with E-state index in [1.54, 1.807) is 11.8 Å². The number of amides is 3. The summed E-state index contributed by atoms with van der Waals surface area (Å²) in [6.45, 7) is 12.0. The Kier molecular flexibility index (Phi) is 7.85. The van der Waals surface area contributed by atoms with E-state index >= 15 is 0 Å². The topological polar surface area (TPSA) is 113 Å². The fraction of sp³-hybridized carbons (Fsp3) is 0.800. The van der Waals surface area contributed by atoms with Crippen LogP contribution >= 0.6 is 0 Å². The van der Waals surface area contributed by atoms with Gasteiger partial charge in [-0.15, -0.1) is 6.58 Å². The molecule has 1 aliphatic heterocycles. The zero-order valence-electron chi connectivity index (χ0n) is 21.1. The maximum atomic E-state index is 13.2. The van der Waals surface area contributed by atoms with Crippen molar-refractivity contribution in [2.24, 2.45) is 17.8 Å². The first-order chi connectivity index (χ1) is 15.8. The Morgan fingerprint density at radius 1 is 1.21 bits per heavy atom. The van der Waals surface area contributed by atoms with Gasteiger partial charge in [-0.1, -0.05) is 26.8 Å². The van der Waals surface area contributed by atoms with Gasteiger partial charge in [-0.2, -0.15) is 0 Å². The molecule has 5 atom stereocenters. The molecule has 0 aromatic rings. The van der Waals surface area contributed by atoms with E-state index in [0.29, 0.717) is 44.6 Å². The van der Waals surface area contributed by atoms with E-state index in [0.717, 1.165) is 25.7 Å². The summed E-state index contributed by atoms with van der Waals surface area (Å²) in [7, 11) is -3.78. The number of sulfonamides is 1. The zero-order valence-corrected chi connectivity index (χ0v) is 21.9. The normalized spacial score (nSPS) is 29.1. The predicted octanol–water partition coefficient (Wildman–Crippen LogP) is 2.89. The molecular weight excluding hydrogens is 454 g/mol. The molecule has 34 heavy (non-hydrogen) atoms. The van der Waals surface area contributed by atoms with Crippen molar-refractivity contribution in [2.75, 3.05) is 6.54 Å². The summed E-state index contributed by atoms with van der Waals surface area (Å²) in [5.41, 5.74) is -1.22. The predicted molar refractivity (Wildman–Crippen MR) is 131 cm³/mol. The van der Waals surface area contributed by atoms with Gasteiger partial charge >= 0.3 is 0 Å². The average molecular weight is 496 g/mol. The van der Waals surface area contributed by atoms with Gasteiger partial charge < -0.3 is 10.2 Å². The number of hydrogen-bond donors (Lipinski definition) is 2. The highest BCUT2D eigenvalue weighted by molar-refractivity contribution is 7.91. The summed E-state index contributed by atoms with van der Waals surface area (Å²) in [5.74, 6) is -0.519. The molecule has 1 heterocycles.